The molecule has 0 unspecified atom stereocenters. The lowest BCUT2D eigenvalue weighted by Gasteiger charge is -2.14. The van der Waals surface area contributed by atoms with Gasteiger partial charge in [0.1, 0.15) is 0 Å². The molecule has 0 bridgehead atoms. The van der Waals surface area contributed by atoms with Crippen LogP contribution in [0, 0.1) is 0 Å². The molecular weight excluding hydrogens is 456 g/mol. The zero-order valence-electron chi connectivity index (χ0n) is 18.9. The molecule has 1 heterocycles. The van der Waals surface area contributed by atoms with Crippen molar-refractivity contribution in [1.29, 1.82) is 0 Å². The molecule has 0 aliphatic rings. The molecular formula is C26H39BrO2S. The molecule has 0 radical (unpaired) electrons. The number of thiophene rings is 1. The maximum Gasteiger partial charge on any atom is 0.161 e. The molecule has 2 rings (SSSR count). The van der Waals surface area contributed by atoms with E-state index < -0.39 is 0 Å². The van der Waals surface area contributed by atoms with Gasteiger partial charge in [-0.25, -0.2) is 0 Å². The predicted molar refractivity (Wildman–Crippen MR) is 135 cm³/mol. The summed E-state index contributed by atoms with van der Waals surface area (Å²) in [4.78, 5) is 0. The average molecular weight is 496 g/mol. The topological polar surface area (TPSA) is 18.5 Å². The third-order valence-electron chi connectivity index (χ3n) is 5.38. The third-order valence-corrected chi connectivity index (χ3v) is 7.07. The molecule has 0 aliphatic carbocycles. The van der Waals surface area contributed by atoms with Crippen LogP contribution in [-0.2, 0) is 0 Å². The lowest BCUT2D eigenvalue weighted by Crippen LogP contribution is -2.03. The zero-order valence-corrected chi connectivity index (χ0v) is 21.3. The van der Waals surface area contributed by atoms with Crippen LogP contribution >= 0.6 is 27.3 Å². The fourth-order valence-corrected chi connectivity index (χ4v) is 4.86. The van der Waals surface area contributed by atoms with E-state index in [1.54, 1.807) is 11.3 Å². The minimum absolute atomic E-state index is 0.758. The van der Waals surface area contributed by atoms with Gasteiger partial charge in [0.15, 0.2) is 11.5 Å². The van der Waals surface area contributed by atoms with Gasteiger partial charge in [-0.1, -0.05) is 84.1 Å². The highest BCUT2D eigenvalue weighted by Crippen LogP contribution is 2.38. The van der Waals surface area contributed by atoms with Crippen molar-refractivity contribution in [2.45, 2.75) is 90.9 Å². The molecule has 0 atom stereocenters. The van der Waals surface area contributed by atoms with Gasteiger partial charge >= 0.3 is 0 Å². The largest absolute Gasteiger partial charge is 0.490 e. The molecule has 0 spiro atoms. The lowest BCUT2D eigenvalue weighted by atomic mass is 10.1. The molecule has 30 heavy (non-hydrogen) atoms. The highest BCUT2D eigenvalue weighted by Gasteiger charge is 2.11. The van der Waals surface area contributed by atoms with Gasteiger partial charge in [-0.05, 0) is 57.9 Å². The highest BCUT2D eigenvalue weighted by atomic mass is 79.9. The summed E-state index contributed by atoms with van der Waals surface area (Å²) in [6.07, 6.45) is 15.3. The Morgan fingerprint density at radius 2 is 1.27 bits per heavy atom. The second kappa shape index (κ2) is 15.8. The monoisotopic (exact) mass is 494 g/mol. The van der Waals surface area contributed by atoms with Crippen molar-refractivity contribution in [3.05, 3.63) is 33.4 Å². The Morgan fingerprint density at radius 3 is 1.83 bits per heavy atom. The summed E-state index contributed by atoms with van der Waals surface area (Å²) >= 11 is 5.37. The van der Waals surface area contributed by atoms with Crippen LogP contribution < -0.4 is 9.47 Å². The minimum Gasteiger partial charge on any atom is -0.490 e. The molecule has 1 aromatic carbocycles. The molecule has 168 valence electrons. The van der Waals surface area contributed by atoms with E-state index in [9.17, 15) is 0 Å². The SMILES string of the molecule is CCCCCCCCOc1ccc(-c2ccsc2Br)cc1OCCCCCCCC. The smallest absolute Gasteiger partial charge is 0.161 e. The van der Waals surface area contributed by atoms with Gasteiger partial charge in [-0.15, -0.1) is 11.3 Å². The summed E-state index contributed by atoms with van der Waals surface area (Å²) in [5, 5.41) is 2.11. The molecule has 0 aliphatic heterocycles. The van der Waals surface area contributed by atoms with Gasteiger partial charge in [-0.3, -0.25) is 0 Å². The number of rotatable bonds is 17. The number of unbranched alkanes of at least 4 members (excludes halogenated alkanes) is 10. The van der Waals surface area contributed by atoms with Crippen LogP contribution in [0.3, 0.4) is 0 Å². The average Bonchev–Trinajstić information content (AvgIpc) is 3.19. The second-order valence-electron chi connectivity index (χ2n) is 8.00. The van der Waals surface area contributed by atoms with Gasteiger partial charge in [0.05, 0.1) is 17.0 Å². The van der Waals surface area contributed by atoms with Crippen molar-refractivity contribution in [2.24, 2.45) is 0 Å². The van der Waals surface area contributed by atoms with Gasteiger partial charge in [-0.2, -0.15) is 0 Å². The molecule has 4 heteroatoms. The van der Waals surface area contributed by atoms with E-state index in [1.807, 2.05) is 0 Å². The molecule has 0 saturated heterocycles. The number of halogens is 1. The Labute approximate surface area is 196 Å². The van der Waals surface area contributed by atoms with Crippen molar-refractivity contribution in [2.75, 3.05) is 13.2 Å². The summed E-state index contributed by atoms with van der Waals surface area (Å²) < 4.78 is 13.5. The molecule has 2 aromatic rings. The quantitative estimate of drug-likeness (QED) is 0.203. The molecule has 0 amide bonds. The molecule has 1 aromatic heterocycles. The van der Waals surface area contributed by atoms with Gasteiger partial charge in [0.25, 0.3) is 0 Å². The van der Waals surface area contributed by atoms with Crippen molar-refractivity contribution < 1.29 is 9.47 Å². The summed E-state index contributed by atoms with van der Waals surface area (Å²) in [5.41, 5.74) is 2.39. The summed E-state index contributed by atoms with van der Waals surface area (Å²) in [6.45, 7) is 6.04. The van der Waals surface area contributed by atoms with Crippen LogP contribution in [0.25, 0.3) is 11.1 Å². The Hall–Kier alpha value is -1.00. The Morgan fingerprint density at radius 1 is 0.700 bits per heavy atom. The fourth-order valence-electron chi connectivity index (χ4n) is 3.54. The van der Waals surface area contributed by atoms with E-state index >= 15 is 0 Å². The second-order valence-corrected chi connectivity index (χ2v) is 10.2. The van der Waals surface area contributed by atoms with Crippen LogP contribution in [0.4, 0.5) is 0 Å². The van der Waals surface area contributed by atoms with Crippen molar-refractivity contribution in [3.63, 3.8) is 0 Å². The van der Waals surface area contributed by atoms with Gasteiger partial charge in [0.2, 0.25) is 0 Å². The first-order valence-electron chi connectivity index (χ1n) is 11.9. The standard InChI is InChI=1S/C26H39BrO2S/c1-3-5-7-9-11-13-18-28-24-16-15-22(23-17-20-30-26(23)27)21-25(24)29-19-14-12-10-8-6-4-2/h15-17,20-21H,3-14,18-19H2,1-2H3. The predicted octanol–water partition coefficient (Wildman–Crippen LogP) is 9.66. The maximum absolute atomic E-state index is 6.20. The van der Waals surface area contributed by atoms with E-state index in [1.165, 1.54) is 75.3 Å². The number of hydrogen-bond donors (Lipinski definition) is 0. The molecule has 0 N–H and O–H groups in total. The van der Waals surface area contributed by atoms with E-state index in [2.05, 4.69) is 59.4 Å². The maximum atomic E-state index is 6.20. The lowest BCUT2D eigenvalue weighted by molar-refractivity contribution is 0.258. The Bertz CT molecular complexity index is 698. The van der Waals surface area contributed by atoms with Crippen molar-refractivity contribution in [1.82, 2.24) is 0 Å². The van der Waals surface area contributed by atoms with Crippen LogP contribution in [0.15, 0.2) is 33.4 Å². The summed E-state index contributed by atoms with van der Waals surface area (Å²) in [6, 6.07) is 8.51. The van der Waals surface area contributed by atoms with Crippen LogP contribution in [0.2, 0.25) is 0 Å². The first kappa shape index (κ1) is 25.3. The fraction of sp³-hybridized carbons (Fsp3) is 0.615. The number of ether oxygens (including phenoxy) is 2. The van der Waals surface area contributed by atoms with Gasteiger partial charge in [0, 0.05) is 5.56 Å². The zero-order chi connectivity index (χ0) is 21.4. The summed E-state index contributed by atoms with van der Waals surface area (Å²) in [5.74, 6) is 1.76. The molecule has 0 fully saturated rings. The normalized spacial score (nSPS) is 11.0. The Kier molecular flexibility index (Phi) is 13.3. The number of hydrogen-bond acceptors (Lipinski definition) is 3. The van der Waals surface area contributed by atoms with Crippen LogP contribution in [-0.4, -0.2) is 13.2 Å². The number of benzene rings is 1. The van der Waals surface area contributed by atoms with E-state index in [-0.39, 0.29) is 0 Å². The van der Waals surface area contributed by atoms with E-state index in [0.717, 1.165) is 41.3 Å². The summed E-state index contributed by atoms with van der Waals surface area (Å²) in [7, 11) is 0. The first-order valence-corrected chi connectivity index (χ1v) is 13.6. The van der Waals surface area contributed by atoms with Crippen LogP contribution in [0.5, 0.6) is 11.5 Å². The molecule has 0 saturated carbocycles. The van der Waals surface area contributed by atoms with Crippen LogP contribution in [0.1, 0.15) is 90.9 Å². The first-order chi connectivity index (χ1) is 14.8. The van der Waals surface area contributed by atoms with E-state index in [0.29, 0.717) is 0 Å². The molecule has 2 nitrogen and oxygen atoms in total. The highest BCUT2D eigenvalue weighted by molar-refractivity contribution is 9.11. The van der Waals surface area contributed by atoms with E-state index in [4.69, 9.17) is 9.47 Å². The van der Waals surface area contributed by atoms with Crippen molar-refractivity contribution >= 4 is 27.3 Å². The minimum atomic E-state index is 0.758. The third kappa shape index (κ3) is 9.43. The van der Waals surface area contributed by atoms with Gasteiger partial charge < -0.3 is 9.47 Å². The Balaban J connectivity index is 1.89. The van der Waals surface area contributed by atoms with Crippen molar-refractivity contribution in [3.8, 4) is 22.6 Å².